The lowest BCUT2D eigenvalue weighted by atomic mass is 10.1. The predicted molar refractivity (Wildman–Crippen MR) is 135 cm³/mol. The van der Waals surface area contributed by atoms with Crippen molar-refractivity contribution in [2.75, 3.05) is 26.7 Å². The number of halogens is 1. The molecule has 1 aromatic heterocycles. The fourth-order valence-electron chi connectivity index (χ4n) is 3.37. The molecule has 0 aliphatic carbocycles. The second-order valence-corrected chi connectivity index (χ2v) is 8.43. The van der Waals surface area contributed by atoms with Gasteiger partial charge in [0.2, 0.25) is 0 Å². The van der Waals surface area contributed by atoms with Gasteiger partial charge < -0.3 is 15.5 Å². The van der Waals surface area contributed by atoms with Gasteiger partial charge in [0.25, 0.3) is 5.91 Å². The molecule has 30 heavy (non-hydrogen) atoms. The molecule has 8 heteroatoms. The van der Waals surface area contributed by atoms with Crippen LogP contribution in [0.25, 0.3) is 0 Å². The topological polar surface area (TPSA) is 69.6 Å². The van der Waals surface area contributed by atoms with Gasteiger partial charge >= 0.3 is 0 Å². The van der Waals surface area contributed by atoms with E-state index in [0.717, 1.165) is 67.4 Å². The molecule has 0 unspecified atom stereocenters. The van der Waals surface area contributed by atoms with Crippen LogP contribution >= 0.6 is 35.3 Å². The van der Waals surface area contributed by atoms with Gasteiger partial charge in [-0.2, -0.15) is 0 Å². The Morgan fingerprint density at radius 3 is 2.53 bits per heavy atom. The standard InChI is InChI=1S/C22H31N5OS.HI/c1-3-19-16-25-20(29-19)11-12-24-22(23-2)26-15-17-7-9-18(10-8-17)21(28)27-13-5-4-6-14-27;/h7-10,16H,3-6,11-15H2,1-2H3,(H2,23,24,26);1H. The molecule has 1 aliphatic heterocycles. The number of carbonyl (C=O) groups excluding carboxylic acids is 1. The Morgan fingerprint density at radius 2 is 1.90 bits per heavy atom. The quantitative estimate of drug-likeness (QED) is 0.318. The molecule has 0 atom stereocenters. The van der Waals surface area contributed by atoms with Crippen LogP contribution in [0, 0.1) is 0 Å². The van der Waals surface area contributed by atoms with E-state index in [1.54, 1.807) is 18.4 Å². The molecule has 1 amide bonds. The van der Waals surface area contributed by atoms with Gasteiger partial charge in [-0.05, 0) is 43.4 Å². The van der Waals surface area contributed by atoms with Crippen molar-refractivity contribution in [3.63, 3.8) is 0 Å². The maximum atomic E-state index is 12.6. The summed E-state index contributed by atoms with van der Waals surface area (Å²) in [5.74, 6) is 0.917. The van der Waals surface area contributed by atoms with Crippen LogP contribution in [0.15, 0.2) is 35.5 Å². The van der Waals surface area contributed by atoms with Crippen LogP contribution in [0.5, 0.6) is 0 Å². The summed E-state index contributed by atoms with van der Waals surface area (Å²) in [6, 6.07) is 7.88. The lowest BCUT2D eigenvalue weighted by Gasteiger charge is -2.26. The van der Waals surface area contributed by atoms with Crippen LogP contribution in [0.2, 0.25) is 0 Å². The number of hydrogen-bond donors (Lipinski definition) is 2. The highest BCUT2D eigenvalue weighted by Gasteiger charge is 2.17. The van der Waals surface area contributed by atoms with Gasteiger partial charge in [-0.3, -0.25) is 9.79 Å². The van der Waals surface area contributed by atoms with Crippen molar-refractivity contribution in [1.82, 2.24) is 20.5 Å². The Hall–Kier alpha value is -1.68. The Kier molecular flexibility index (Phi) is 10.6. The van der Waals surface area contributed by atoms with Gasteiger partial charge in [0.15, 0.2) is 5.96 Å². The van der Waals surface area contributed by atoms with Crippen LogP contribution < -0.4 is 10.6 Å². The minimum absolute atomic E-state index is 0. The molecule has 0 bridgehead atoms. The maximum absolute atomic E-state index is 12.6. The molecule has 6 nitrogen and oxygen atoms in total. The molecule has 2 N–H and O–H groups in total. The van der Waals surface area contributed by atoms with Crippen molar-refractivity contribution in [2.45, 2.75) is 45.6 Å². The average molecular weight is 542 g/mol. The molecule has 1 aromatic carbocycles. The van der Waals surface area contributed by atoms with Gasteiger partial charge in [-0.1, -0.05) is 19.1 Å². The van der Waals surface area contributed by atoms with Gasteiger partial charge in [-0.15, -0.1) is 35.3 Å². The summed E-state index contributed by atoms with van der Waals surface area (Å²) in [4.78, 5) is 24.6. The normalized spacial score (nSPS) is 14.2. The average Bonchev–Trinajstić information content (AvgIpc) is 3.24. The number of aliphatic imine (C=N–C) groups is 1. The Bertz CT molecular complexity index is 815. The molecular formula is C22H32IN5OS. The zero-order valence-corrected chi connectivity index (χ0v) is 21.0. The highest BCUT2D eigenvalue weighted by Crippen LogP contribution is 2.14. The number of thiazole rings is 1. The highest BCUT2D eigenvalue weighted by molar-refractivity contribution is 14.0. The van der Waals surface area contributed by atoms with Crippen molar-refractivity contribution < 1.29 is 4.79 Å². The van der Waals surface area contributed by atoms with Gasteiger partial charge in [0.1, 0.15) is 0 Å². The molecule has 2 heterocycles. The summed E-state index contributed by atoms with van der Waals surface area (Å²) in [5.41, 5.74) is 1.89. The Balaban J connectivity index is 0.00000320. The van der Waals surface area contributed by atoms with E-state index in [1.165, 1.54) is 11.3 Å². The number of piperidine rings is 1. The van der Waals surface area contributed by atoms with Crippen molar-refractivity contribution in [3.05, 3.63) is 51.5 Å². The first-order valence-corrected chi connectivity index (χ1v) is 11.3. The lowest BCUT2D eigenvalue weighted by molar-refractivity contribution is 0.0724. The van der Waals surface area contributed by atoms with E-state index in [2.05, 4.69) is 27.5 Å². The molecular weight excluding hydrogens is 509 g/mol. The number of aryl methyl sites for hydroxylation is 1. The number of aromatic nitrogens is 1. The number of amides is 1. The zero-order chi connectivity index (χ0) is 20.5. The van der Waals surface area contributed by atoms with Gasteiger partial charge in [0, 0.05) is 56.3 Å². The minimum Gasteiger partial charge on any atom is -0.356 e. The monoisotopic (exact) mass is 541 g/mol. The van der Waals surface area contributed by atoms with Crippen LogP contribution in [-0.4, -0.2) is 48.4 Å². The molecule has 164 valence electrons. The largest absolute Gasteiger partial charge is 0.356 e. The fourth-order valence-corrected chi connectivity index (χ4v) is 4.23. The van der Waals surface area contributed by atoms with Crippen LogP contribution in [-0.2, 0) is 19.4 Å². The molecule has 0 spiro atoms. The van der Waals surface area contributed by atoms with Gasteiger partial charge in [0.05, 0.1) is 5.01 Å². The fraction of sp³-hybridized carbons (Fsp3) is 0.500. The van der Waals surface area contributed by atoms with Gasteiger partial charge in [-0.25, -0.2) is 4.98 Å². The lowest BCUT2D eigenvalue weighted by Crippen LogP contribution is -2.38. The summed E-state index contributed by atoms with van der Waals surface area (Å²) in [7, 11) is 1.77. The first-order valence-electron chi connectivity index (χ1n) is 10.5. The Labute approximate surface area is 200 Å². The second kappa shape index (κ2) is 12.9. The third-order valence-electron chi connectivity index (χ3n) is 5.11. The molecule has 2 aromatic rings. The predicted octanol–water partition coefficient (Wildman–Crippen LogP) is 3.86. The number of likely N-dealkylation sites (tertiary alicyclic amines) is 1. The molecule has 0 saturated carbocycles. The van der Waals surface area contributed by atoms with E-state index in [-0.39, 0.29) is 29.9 Å². The number of hydrogen-bond acceptors (Lipinski definition) is 4. The first kappa shape index (κ1) is 24.6. The Morgan fingerprint density at radius 1 is 1.17 bits per heavy atom. The summed E-state index contributed by atoms with van der Waals surface area (Å²) in [6.45, 7) is 5.36. The van der Waals surface area contributed by atoms with Crippen molar-refractivity contribution in [2.24, 2.45) is 4.99 Å². The summed E-state index contributed by atoms with van der Waals surface area (Å²) < 4.78 is 0. The SMILES string of the molecule is CCc1cnc(CCNC(=NC)NCc2ccc(C(=O)N3CCCCC3)cc2)s1.I. The van der Waals surface area contributed by atoms with Crippen LogP contribution in [0.3, 0.4) is 0 Å². The first-order chi connectivity index (χ1) is 14.2. The van der Waals surface area contributed by atoms with E-state index in [9.17, 15) is 4.79 Å². The molecule has 3 rings (SSSR count). The highest BCUT2D eigenvalue weighted by atomic mass is 127. The van der Waals surface area contributed by atoms with Crippen molar-refractivity contribution in [1.29, 1.82) is 0 Å². The maximum Gasteiger partial charge on any atom is 0.253 e. The molecule has 1 fully saturated rings. The number of carbonyl (C=O) groups is 1. The molecule has 1 aliphatic rings. The van der Waals surface area contributed by atoms with Crippen molar-refractivity contribution >= 4 is 47.2 Å². The molecule has 0 radical (unpaired) electrons. The number of nitrogens with zero attached hydrogens (tertiary/aromatic N) is 3. The van der Waals surface area contributed by atoms with E-state index in [1.807, 2.05) is 35.4 Å². The zero-order valence-electron chi connectivity index (χ0n) is 17.8. The second-order valence-electron chi connectivity index (χ2n) is 7.23. The summed E-state index contributed by atoms with van der Waals surface area (Å²) in [6.07, 6.45) is 7.35. The number of guanidine groups is 1. The smallest absolute Gasteiger partial charge is 0.253 e. The minimum atomic E-state index is 0. The van der Waals surface area contributed by atoms with Crippen LogP contribution in [0.1, 0.15) is 52.0 Å². The van der Waals surface area contributed by atoms with Crippen molar-refractivity contribution in [3.8, 4) is 0 Å². The third kappa shape index (κ3) is 7.23. The van der Waals surface area contributed by atoms with E-state index < -0.39 is 0 Å². The van der Waals surface area contributed by atoms with E-state index >= 15 is 0 Å². The number of rotatable bonds is 7. The van der Waals surface area contributed by atoms with Crippen LogP contribution in [0.4, 0.5) is 0 Å². The van der Waals surface area contributed by atoms with E-state index in [4.69, 9.17) is 0 Å². The van der Waals surface area contributed by atoms with E-state index in [0.29, 0.717) is 6.54 Å². The summed E-state index contributed by atoms with van der Waals surface area (Å²) >= 11 is 1.77. The number of nitrogens with one attached hydrogen (secondary N) is 2. The summed E-state index contributed by atoms with van der Waals surface area (Å²) in [5, 5.41) is 7.81. The molecule has 1 saturated heterocycles. The number of benzene rings is 1. The third-order valence-corrected chi connectivity index (χ3v) is 6.31.